The number of hydrogen-bond acceptors (Lipinski definition) is 10. The van der Waals surface area contributed by atoms with Crippen LogP contribution >= 0.6 is 23.1 Å². The van der Waals surface area contributed by atoms with Crippen LogP contribution in [0.5, 0.6) is 5.75 Å². The molecule has 0 saturated carbocycles. The number of thiazole rings is 1. The van der Waals surface area contributed by atoms with Crippen LogP contribution < -0.4 is 19.6 Å². The Balaban J connectivity index is 1.51. The molecule has 5 aromatic rings. The van der Waals surface area contributed by atoms with Crippen molar-refractivity contribution in [2.75, 3.05) is 13.2 Å². The van der Waals surface area contributed by atoms with Gasteiger partial charge in [0, 0.05) is 24.0 Å². The topological polar surface area (TPSA) is 109 Å². The van der Waals surface area contributed by atoms with Crippen LogP contribution in [0.1, 0.15) is 36.8 Å². The van der Waals surface area contributed by atoms with Crippen LogP contribution in [0.3, 0.4) is 0 Å². The lowest BCUT2D eigenvalue weighted by Crippen LogP contribution is -2.40. The highest BCUT2D eigenvalue weighted by molar-refractivity contribution is 7.99. The van der Waals surface area contributed by atoms with Crippen molar-refractivity contribution in [1.82, 2.24) is 14.5 Å². The zero-order valence-corrected chi connectivity index (χ0v) is 24.9. The van der Waals surface area contributed by atoms with E-state index in [1.54, 1.807) is 48.2 Å². The van der Waals surface area contributed by atoms with Gasteiger partial charge >= 0.3 is 5.97 Å². The van der Waals surface area contributed by atoms with Crippen molar-refractivity contribution in [3.05, 3.63) is 127 Å². The molecule has 43 heavy (non-hydrogen) atoms. The zero-order chi connectivity index (χ0) is 29.8. The molecule has 1 aliphatic heterocycles. The Bertz CT molecular complexity index is 1960. The highest BCUT2D eigenvalue weighted by Crippen LogP contribution is 2.35. The predicted octanol–water partition coefficient (Wildman–Crippen LogP) is 4.87. The molecule has 0 saturated heterocycles. The van der Waals surface area contributed by atoms with Crippen molar-refractivity contribution < 1.29 is 18.7 Å². The number of esters is 1. The Labute approximate surface area is 254 Å². The predicted molar refractivity (Wildman–Crippen MR) is 164 cm³/mol. The van der Waals surface area contributed by atoms with Gasteiger partial charge in [-0.1, -0.05) is 53.8 Å². The minimum absolute atomic E-state index is 0.178. The molecule has 0 fully saturated rings. The first-order chi connectivity index (χ1) is 21.1. The molecule has 0 unspecified atom stereocenters. The second-order valence-electron chi connectivity index (χ2n) is 9.22. The monoisotopic (exact) mass is 610 g/mol. The maximum atomic E-state index is 14.1. The molecule has 9 nitrogen and oxygen atoms in total. The fourth-order valence-corrected chi connectivity index (χ4v) is 6.35. The van der Waals surface area contributed by atoms with Gasteiger partial charge in [-0.2, -0.15) is 0 Å². The molecule has 0 bridgehead atoms. The molecule has 0 spiro atoms. The SMILES string of the molecule is CCOC(=O)C1=C(c2ccccc2)N=c2s/c(=C\c3ccc(Sc4ncccn4)o3)c(=O)n2[C@H]1c1ccc(OCC)cc1. The number of rotatable bonds is 9. The van der Waals surface area contributed by atoms with E-state index in [1.165, 1.54) is 23.1 Å². The molecule has 216 valence electrons. The maximum Gasteiger partial charge on any atom is 0.338 e. The fraction of sp³-hybridized carbons (Fsp3) is 0.156. The number of carbonyl (C=O) groups excluding carboxylic acids is 1. The molecule has 6 rings (SSSR count). The van der Waals surface area contributed by atoms with Gasteiger partial charge in [0.15, 0.2) is 15.1 Å². The summed E-state index contributed by atoms with van der Waals surface area (Å²) in [7, 11) is 0. The molecule has 1 aliphatic rings. The van der Waals surface area contributed by atoms with Gasteiger partial charge in [-0.3, -0.25) is 9.36 Å². The minimum Gasteiger partial charge on any atom is -0.494 e. The van der Waals surface area contributed by atoms with Crippen LogP contribution in [0, 0.1) is 0 Å². The quantitative estimate of drug-likeness (QED) is 0.172. The summed E-state index contributed by atoms with van der Waals surface area (Å²) in [6.07, 6.45) is 5.01. The maximum absolute atomic E-state index is 14.1. The molecular weight excluding hydrogens is 585 g/mol. The van der Waals surface area contributed by atoms with E-state index >= 15 is 0 Å². The van der Waals surface area contributed by atoms with E-state index in [1.807, 2.05) is 61.5 Å². The van der Waals surface area contributed by atoms with Crippen molar-refractivity contribution in [3.8, 4) is 5.75 Å². The Kier molecular flexibility index (Phi) is 8.34. The average molecular weight is 611 g/mol. The fourth-order valence-electron chi connectivity index (χ4n) is 4.69. The highest BCUT2D eigenvalue weighted by Gasteiger charge is 2.35. The summed E-state index contributed by atoms with van der Waals surface area (Å²) in [4.78, 5) is 41.4. The number of carbonyl (C=O) groups is 1. The summed E-state index contributed by atoms with van der Waals surface area (Å²) < 4.78 is 19.1. The van der Waals surface area contributed by atoms with Crippen molar-refractivity contribution in [2.24, 2.45) is 4.99 Å². The normalized spacial score (nSPS) is 14.7. The first-order valence-electron chi connectivity index (χ1n) is 13.6. The van der Waals surface area contributed by atoms with Crippen LogP contribution in [0.25, 0.3) is 11.8 Å². The third-order valence-electron chi connectivity index (χ3n) is 6.49. The van der Waals surface area contributed by atoms with E-state index in [-0.39, 0.29) is 17.7 Å². The van der Waals surface area contributed by atoms with Gasteiger partial charge in [-0.05, 0) is 61.5 Å². The number of nitrogens with zero attached hydrogens (tertiary/aromatic N) is 4. The summed E-state index contributed by atoms with van der Waals surface area (Å²) in [5.41, 5.74) is 1.92. The zero-order valence-electron chi connectivity index (χ0n) is 23.3. The van der Waals surface area contributed by atoms with Crippen LogP contribution in [-0.4, -0.2) is 33.7 Å². The van der Waals surface area contributed by atoms with E-state index in [9.17, 15) is 9.59 Å². The molecule has 4 heterocycles. The van der Waals surface area contributed by atoms with Crippen LogP contribution in [-0.2, 0) is 9.53 Å². The number of benzene rings is 2. The molecule has 0 aliphatic carbocycles. The van der Waals surface area contributed by atoms with Crippen LogP contribution in [0.2, 0.25) is 0 Å². The van der Waals surface area contributed by atoms with Gasteiger partial charge in [-0.25, -0.2) is 19.8 Å². The molecule has 0 radical (unpaired) electrons. The van der Waals surface area contributed by atoms with Gasteiger partial charge in [0.25, 0.3) is 5.56 Å². The summed E-state index contributed by atoms with van der Waals surface area (Å²) >= 11 is 2.51. The van der Waals surface area contributed by atoms with E-state index in [4.69, 9.17) is 18.9 Å². The lowest BCUT2D eigenvalue weighted by Gasteiger charge is -2.26. The summed E-state index contributed by atoms with van der Waals surface area (Å²) in [5, 5.41) is 1.14. The second kappa shape index (κ2) is 12.6. The van der Waals surface area contributed by atoms with Crippen molar-refractivity contribution in [1.29, 1.82) is 0 Å². The smallest absolute Gasteiger partial charge is 0.338 e. The number of furan rings is 1. The molecule has 2 aromatic carbocycles. The van der Waals surface area contributed by atoms with Crippen LogP contribution in [0.4, 0.5) is 0 Å². The molecule has 0 amide bonds. The number of aromatic nitrogens is 3. The number of hydrogen-bond donors (Lipinski definition) is 0. The Morgan fingerprint density at radius 1 is 1.00 bits per heavy atom. The van der Waals surface area contributed by atoms with Gasteiger partial charge in [0.1, 0.15) is 11.5 Å². The van der Waals surface area contributed by atoms with E-state index in [0.29, 0.717) is 43.4 Å². The molecular formula is C32H26N4O5S2. The summed E-state index contributed by atoms with van der Waals surface area (Å²) in [6.45, 7) is 4.36. The summed E-state index contributed by atoms with van der Waals surface area (Å²) in [6, 6.07) is 21.4. The van der Waals surface area contributed by atoms with E-state index in [0.717, 1.165) is 11.1 Å². The second-order valence-corrected chi connectivity index (χ2v) is 11.2. The number of ether oxygens (including phenoxy) is 2. The highest BCUT2D eigenvalue weighted by atomic mass is 32.2. The minimum atomic E-state index is -0.777. The van der Waals surface area contributed by atoms with Gasteiger partial charge in [0.05, 0.1) is 35.1 Å². The molecule has 1 atom stereocenters. The van der Waals surface area contributed by atoms with Gasteiger partial charge in [-0.15, -0.1) is 0 Å². The first kappa shape index (κ1) is 28.4. The van der Waals surface area contributed by atoms with Gasteiger partial charge < -0.3 is 13.9 Å². The van der Waals surface area contributed by atoms with Gasteiger partial charge in [0.2, 0.25) is 0 Å². The van der Waals surface area contributed by atoms with Crippen molar-refractivity contribution in [3.63, 3.8) is 0 Å². The third kappa shape index (κ3) is 5.95. The Morgan fingerprint density at radius 3 is 2.49 bits per heavy atom. The van der Waals surface area contributed by atoms with Crippen LogP contribution in [0.15, 0.2) is 115 Å². The molecule has 11 heteroatoms. The third-order valence-corrected chi connectivity index (χ3v) is 8.29. The lowest BCUT2D eigenvalue weighted by atomic mass is 9.93. The molecule has 3 aromatic heterocycles. The number of fused-ring (bicyclic) bond motifs is 1. The van der Waals surface area contributed by atoms with Crippen molar-refractivity contribution >= 4 is 40.8 Å². The van der Waals surface area contributed by atoms with Crippen molar-refractivity contribution in [2.45, 2.75) is 30.1 Å². The van der Waals surface area contributed by atoms with E-state index in [2.05, 4.69) is 9.97 Å². The first-order valence-corrected chi connectivity index (χ1v) is 15.2. The average Bonchev–Trinajstić information content (AvgIpc) is 3.60. The molecule has 0 N–H and O–H groups in total. The Hall–Kier alpha value is -4.74. The largest absolute Gasteiger partial charge is 0.494 e. The lowest BCUT2D eigenvalue weighted by molar-refractivity contribution is -0.138. The summed E-state index contributed by atoms with van der Waals surface area (Å²) in [5.74, 6) is 0.652. The van der Waals surface area contributed by atoms with E-state index < -0.39 is 12.0 Å². The Morgan fingerprint density at radius 2 is 1.77 bits per heavy atom. The standard InChI is InChI=1S/C32H26N4O5S2/c1-3-39-22-13-11-21(12-14-22)28-26(30(38)40-4-2)27(20-9-6-5-7-10-20)35-32-36(28)29(37)24(42-32)19-23-15-16-25(41-23)43-31-33-17-8-18-34-31/h5-19,28H,3-4H2,1-2H3/b24-19-/t28-/m0/s1.